The van der Waals surface area contributed by atoms with Gasteiger partial charge in [-0.05, 0) is 31.0 Å². The molecule has 0 saturated carbocycles. The Morgan fingerprint density at radius 2 is 2.04 bits per heavy atom. The second kappa shape index (κ2) is 5.92. The zero-order valence-electron chi connectivity index (χ0n) is 13.3. The summed E-state index contributed by atoms with van der Waals surface area (Å²) < 4.78 is 29.3. The van der Waals surface area contributed by atoms with Crippen LogP contribution in [-0.2, 0) is 10.0 Å². The number of nitrogens with zero attached hydrogens (tertiary/aromatic N) is 3. The van der Waals surface area contributed by atoms with Gasteiger partial charge in [-0.1, -0.05) is 6.07 Å². The molecule has 0 atom stereocenters. The van der Waals surface area contributed by atoms with E-state index in [4.69, 9.17) is 0 Å². The predicted octanol–water partition coefficient (Wildman–Crippen LogP) is 1.70. The molecule has 0 aromatic carbocycles. The van der Waals surface area contributed by atoms with Gasteiger partial charge in [-0.25, -0.2) is 12.9 Å². The summed E-state index contributed by atoms with van der Waals surface area (Å²) in [5, 5.41) is 4.10. The van der Waals surface area contributed by atoms with E-state index in [0.29, 0.717) is 24.3 Å². The van der Waals surface area contributed by atoms with Crippen molar-refractivity contribution in [2.75, 3.05) is 17.8 Å². The summed E-state index contributed by atoms with van der Waals surface area (Å²) in [6, 6.07) is 6.75. The lowest BCUT2D eigenvalue weighted by molar-refractivity contribution is 0.0787. The van der Waals surface area contributed by atoms with Crippen molar-refractivity contribution < 1.29 is 13.2 Å². The van der Waals surface area contributed by atoms with E-state index in [2.05, 4.69) is 14.8 Å². The van der Waals surface area contributed by atoms with Gasteiger partial charge in [0.1, 0.15) is 10.6 Å². The number of carbonyl (C=O) groups is 1. The van der Waals surface area contributed by atoms with Crippen LogP contribution >= 0.6 is 0 Å². The molecular formula is C16H17N5O3S. The average molecular weight is 359 g/mol. The van der Waals surface area contributed by atoms with Gasteiger partial charge in [0, 0.05) is 25.5 Å². The van der Waals surface area contributed by atoms with E-state index < -0.39 is 10.0 Å². The lowest BCUT2D eigenvalue weighted by Gasteiger charge is -2.13. The van der Waals surface area contributed by atoms with Crippen LogP contribution in [0.15, 0.2) is 47.8 Å². The van der Waals surface area contributed by atoms with Crippen molar-refractivity contribution in [3.63, 3.8) is 0 Å². The molecule has 9 heteroatoms. The molecule has 1 saturated heterocycles. The molecule has 2 N–H and O–H groups in total. The molecule has 1 aliphatic heterocycles. The third-order valence-corrected chi connectivity index (χ3v) is 5.61. The van der Waals surface area contributed by atoms with Crippen LogP contribution in [0.1, 0.15) is 23.3 Å². The second-order valence-corrected chi connectivity index (χ2v) is 7.62. The van der Waals surface area contributed by atoms with Gasteiger partial charge in [0.25, 0.3) is 15.9 Å². The fourth-order valence-corrected chi connectivity index (χ4v) is 4.01. The molecule has 3 aromatic heterocycles. The molecule has 0 radical (unpaired) electrons. The number of likely N-dealkylation sites (tertiary alicyclic amines) is 1. The molecule has 3 aromatic rings. The lowest BCUT2D eigenvalue weighted by atomic mass is 10.4. The van der Waals surface area contributed by atoms with E-state index in [9.17, 15) is 13.2 Å². The summed E-state index contributed by atoms with van der Waals surface area (Å²) in [7, 11) is -3.82. The van der Waals surface area contributed by atoms with Crippen LogP contribution in [0.4, 0.5) is 5.69 Å². The SMILES string of the molecule is O=C(c1cc(S(=O)(=O)Nc2cnn3ccccc23)c[nH]1)N1CCCC1. The highest BCUT2D eigenvalue weighted by molar-refractivity contribution is 7.92. The number of H-pyrrole nitrogens is 1. The number of hydrogen-bond acceptors (Lipinski definition) is 4. The summed E-state index contributed by atoms with van der Waals surface area (Å²) in [6.07, 6.45) is 6.48. The van der Waals surface area contributed by atoms with Gasteiger partial charge in [0.05, 0.1) is 17.4 Å². The Morgan fingerprint density at radius 1 is 1.24 bits per heavy atom. The highest BCUT2D eigenvalue weighted by Gasteiger charge is 2.24. The average Bonchev–Trinajstić information content (AvgIpc) is 3.35. The molecule has 0 bridgehead atoms. The quantitative estimate of drug-likeness (QED) is 0.740. The standard InChI is InChI=1S/C16H17N5O3S/c22-16(20-6-3-4-7-20)13-9-12(10-17-13)25(23,24)19-14-11-18-21-8-2-1-5-15(14)21/h1-2,5,8-11,17,19H,3-4,6-7H2. The maximum Gasteiger partial charge on any atom is 0.270 e. The summed E-state index contributed by atoms with van der Waals surface area (Å²) in [6.45, 7) is 1.42. The van der Waals surface area contributed by atoms with Crippen LogP contribution in [0.3, 0.4) is 0 Å². The Morgan fingerprint density at radius 3 is 2.84 bits per heavy atom. The summed E-state index contributed by atoms with van der Waals surface area (Å²) in [4.78, 5) is 16.9. The molecule has 130 valence electrons. The van der Waals surface area contributed by atoms with Gasteiger partial charge in [0.2, 0.25) is 0 Å². The maximum atomic E-state index is 12.6. The number of aromatic nitrogens is 3. The number of anilines is 1. The molecule has 4 rings (SSSR count). The Bertz CT molecular complexity index is 1030. The first-order valence-electron chi connectivity index (χ1n) is 7.97. The molecule has 0 aliphatic carbocycles. The third-order valence-electron chi connectivity index (χ3n) is 4.26. The van der Waals surface area contributed by atoms with Gasteiger partial charge in [-0.2, -0.15) is 5.10 Å². The van der Waals surface area contributed by atoms with E-state index in [1.807, 2.05) is 0 Å². The van der Waals surface area contributed by atoms with Gasteiger partial charge in [0.15, 0.2) is 0 Å². The summed E-state index contributed by atoms with van der Waals surface area (Å²) in [5.74, 6) is -0.171. The fraction of sp³-hybridized carbons (Fsp3) is 0.250. The molecule has 8 nitrogen and oxygen atoms in total. The number of sulfonamides is 1. The minimum atomic E-state index is -3.82. The van der Waals surface area contributed by atoms with Crippen molar-refractivity contribution >= 4 is 27.1 Å². The maximum absolute atomic E-state index is 12.6. The predicted molar refractivity (Wildman–Crippen MR) is 91.9 cm³/mol. The van der Waals surface area contributed by atoms with E-state index in [1.165, 1.54) is 18.5 Å². The smallest absolute Gasteiger partial charge is 0.270 e. The summed E-state index contributed by atoms with van der Waals surface area (Å²) in [5.41, 5.74) is 1.31. The van der Waals surface area contributed by atoms with E-state index in [-0.39, 0.29) is 16.5 Å². The van der Waals surface area contributed by atoms with Gasteiger partial charge in [-0.3, -0.25) is 9.52 Å². The zero-order valence-corrected chi connectivity index (χ0v) is 14.2. The molecule has 0 unspecified atom stereocenters. The normalized spacial score (nSPS) is 15.0. The molecule has 1 fully saturated rings. The van der Waals surface area contributed by atoms with Crippen LogP contribution in [0.2, 0.25) is 0 Å². The Hall–Kier alpha value is -2.81. The highest BCUT2D eigenvalue weighted by atomic mass is 32.2. The van der Waals surface area contributed by atoms with Crippen molar-refractivity contribution in [3.05, 3.63) is 48.5 Å². The Labute approximate surface area is 144 Å². The monoisotopic (exact) mass is 359 g/mol. The first-order valence-corrected chi connectivity index (χ1v) is 9.46. The number of amides is 1. The van der Waals surface area contributed by atoms with Gasteiger partial charge in [-0.15, -0.1) is 0 Å². The number of fused-ring (bicyclic) bond motifs is 1. The molecule has 0 spiro atoms. The first kappa shape index (κ1) is 15.7. The van der Waals surface area contributed by atoms with E-state index in [1.54, 1.807) is 33.8 Å². The molecule has 1 aliphatic rings. The fourth-order valence-electron chi connectivity index (χ4n) is 2.96. The van der Waals surface area contributed by atoms with Crippen molar-refractivity contribution in [2.24, 2.45) is 0 Å². The number of hydrogen-bond donors (Lipinski definition) is 2. The Balaban J connectivity index is 1.59. The topological polar surface area (TPSA) is 99.6 Å². The van der Waals surface area contributed by atoms with Crippen LogP contribution in [0.25, 0.3) is 5.52 Å². The number of carbonyl (C=O) groups excluding carboxylic acids is 1. The molecule has 4 heterocycles. The molecule has 1 amide bonds. The number of aromatic amines is 1. The van der Waals surface area contributed by atoms with Crippen LogP contribution < -0.4 is 4.72 Å². The molecule has 25 heavy (non-hydrogen) atoms. The minimum absolute atomic E-state index is 0.0188. The second-order valence-electron chi connectivity index (χ2n) is 5.94. The Kier molecular flexibility index (Phi) is 3.72. The van der Waals surface area contributed by atoms with E-state index in [0.717, 1.165) is 12.8 Å². The number of nitrogens with one attached hydrogen (secondary N) is 2. The van der Waals surface area contributed by atoms with Crippen LogP contribution in [0, 0.1) is 0 Å². The van der Waals surface area contributed by atoms with Crippen molar-refractivity contribution in [1.29, 1.82) is 0 Å². The van der Waals surface area contributed by atoms with Crippen LogP contribution in [-0.4, -0.2) is 46.9 Å². The number of rotatable bonds is 4. The van der Waals surface area contributed by atoms with Crippen LogP contribution in [0.5, 0.6) is 0 Å². The minimum Gasteiger partial charge on any atom is -0.356 e. The highest BCUT2D eigenvalue weighted by Crippen LogP contribution is 2.22. The largest absolute Gasteiger partial charge is 0.356 e. The van der Waals surface area contributed by atoms with Crippen molar-refractivity contribution in [3.8, 4) is 0 Å². The number of pyridine rings is 1. The lowest BCUT2D eigenvalue weighted by Crippen LogP contribution is -2.27. The molecular weight excluding hydrogens is 342 g/mol. The van der Waals surface area contributed by atoms with Crippen molar-refractivity contribution in [2.45, 2.75) is 17.7 Å². The van der Waals surface area contributed by atoms with Gasteiger partial charge >= 0.3 is 0 Å². The van der Waals surface area contributed by atoms with E-state index >= 15 is 0 Å². The summed E-state index contributed by atoms with van der Waals surface area (Å²) >= 11 is 0. The first-order chi connectivity index (χ1) is 12.0. The van der Waals surface area contributed by atoms with Gasteiger partial charge < -0.3 is 9.88 Å². The van der Waals surface area contributed by atoms with Crippen molar-refractivity contribution in [1.82, 2.24) is 19.5 Å². The third kappa shape index (κ3) is 2.86. The zero-order chi connectivity index (χ0) is 17.4.